The first-order valence-corrected chi connectivity index (χ1v) is 11.1. The van der Waals surface area contributed by atoms with Gasteiger partial charge in [0.2, 0.25) is 0 Å². The zero-order valence-electron chi connectivity index (χ0n) is 17.4. The topological polar surface area (TPSA) is 110 Å². The van der Waals surface area contributed by atoms with Gasteiger partial charge < -0.3 is 20.3 Å². The van der Waals surface area contributed by atoms with Crippen molar-refractivity contribution in [2.45, 2.75) is 11.0 Å². The number of aromatic nitrogens is 1. The minimum absolute atomic E-state index is 0.258. The number of anilines is 1. The molecule has 0 bridgehead atoms. The molecule has 0 atom stereocenters. The SMILES string of the molecule is NCCN(C(=O)C(Cl)Cl)c1cccc(-c2cc(-c3c(Cl)cccc3Cl)no2)c1.O=C(O)C(F)(F)F. The Bertz CT molecular complexity index is 1170. The van der Waals surface area contributed by atoms with Crippen LogP contribution in [-0.4, -0.2) is 46.2 Å². The van der Waals surface area contributed by atoms with Crippen molar-refractivity contribution in [2.75, 3.05) is 18.0 Å². The molecule has 3 N–H and O–H groups in total. The van der Waals surface area contributed by atoms with Crippen molar-refractivity contribution in [3.05, 3.63) is 58.6 Å². The third kappa shape index (κ3) is 7.74. The van der Waals surface area contributed by atoms with E-state index >= 15 is 0 Å². The standard InChI is InChI=1S/C19H15Cl4N3O2.C2HF3O2/c20-13-5-2-6-14(21)17(13)15-10-16(28-25-15)11-3-1-4-12(9-11)26(8-7-24)19(27)18(22)23;3-2(4,5)1(6)7/h1-6,9-10,18H,7-8,24H2;(H,6,7). The highest BCUT2D eigenvalue weighted by Gasteiger charge is 2.38. The lowest BCUT2D eigenvalue weighted by atomic mass is 10.1. The summed E-state index contributed by atoms with van der Waals surface area (Å²) in [6, 6.07) is 14.1. The van der Waals surface area contributed by atoms with Crippen molar-refractivity contribution in [1.82, 2.24) is 5.16 Å². The van der Waals surface area contributed by atoms with Gasteiger partial charge in [-0.25, -0.2) is 4.79 Å². The van der Waals surface area contributed by atoms with Crippen LogP contribution >= 0.6 is 46.4 Å². The first-order valence-electron chi connectivity index (χ1n) is 9.48. The van der Waals surface area contributed by atoms with E-state index in [1.807, 2.05) is 6.07 Å². The number of benzene rings is 2. The fraction of sp³-hybridized carbons (Fsp3) is 0.190. The predicted octanol–water partition coefficient (Wildman–Crippen LogP) is 6.04. The first-order chi connectivity index (χ1) is 16.4. The minimum Gasteiger partial charge on any atom is -0.475 e. The van der Waals surface area contributed by atoms with Gasteiger partial charge in [-0.15, -0.1) is 0 Å². The highest BCUT2D eigenvalue weighted by molar-refractivity contribution is 6.54. The predicted molar refractivity (Wildman–Crippen MR) is 128 cm³/mol. The van der Waals surface area contributed by atoms with E-state index in [-0.39, 0.29) is 13.1 Å². The van der Waals surface area contributed by atoms with Gasteiger partial charge in [0, 0.05) is 36.0 Å². The number of hydrogen-bond acceptors (Lipinski definition) is 5. The summed E-state index contributed by atoms with van der Waals surface area (Å²) in [4.78, 5) is 21.4. The lowest BCUT2D eigenvalue weighted by Crippen LogP contribution is -2.38. The molecule has 0 aliphatic carbocycles. The fourth-order valence-electron chi connectivity index (χ4n) is 2.71. The Labute approximate surface area is 217 Å². The number of alkyl halides is 5. The summed E-state index contributed by atoms with van der Waals surface area (Å²) < 4.78 is 37.2. The number of carbonyl (C=O) groups is 2. The molecular formula is C21H16Cl4F3N3O4. The van der Waals surface area contributed by atoms with Crippen molar-refractivity contribution < 1.29 is 32.4 Å². The molecule has 2 aromatic carbocycles. The number of amides is 1. The maximum atomic E-state index is 12.3. The van der Waals surface area contributed by atoms with Crippen molar-refractivity contribution >= 4 is 64.0 Å². The van der Waals surface area contributed by atoms with Crippen LogP contribution in [0.2, 0.25) is 10.0 Å². The molecule has 0 aliphatic heterocycles. The van der Waals surface area contributed by atoms with Crippen LogP contribution in [0.25, 0.3) is 22.6 Å². The van der Waals surface area contributed by atoms with Crippen LogP contribution in [0.15, 0.2) is 53.1 Å². The van der Waals surface area contributed by atoms with Crippen LogP contribution in [0.3, 0.4) is 0 Å². The molecule has 14 heteroatoms. The smallest absolute Gasteiger partial charge is 0.475 e. The maximum absolute atomic E-state index is 12.3. The number of nitrogens with two attached hydrogens (primary N) is 1. The molecular weight excluding hydrogens is 557 g/mol. The molecule has 1 heterocycles. The number of nitrogens with zero attached hydrogens (tertiary/aromatic N) is 2. The normalized spacial score (nSPS) is 11.1. The van der Waals surface area contributed by atoms with Crippen molar-refractivity contribution in [2.24, 2.45) is 5.73 Å². The largest absolute Gasteiger partial charge is 0.490 e. The lowest BCUT2D eigenvalue weighted by molar-refractivity contribution is -0.192. The fourth-order valence-corrected chi connectivity index (χ4v) is 3.54. The molecule has 35 heavy (non-hydrogen) atoms. The molecule has 0 unspecified atom stereocenters. The summed E-state index contributed by atoms with van der Waals surface area (Å²) in [5.74, 6) is -2.72. The number of rotatable bonds is 6. The molecule has 188 valence electrons. The summed E-state index contributed by atoms with van der Waals surface area (Å²) >= 11 is 24.0. The van der Waals surface area contributed by atoms with Gasteiger partial charge in [-0.3, -0.25) is 4.79 Å². The number of carboxylic acid groups (broad SMARTS) is 1. The number of aliphatic carboxylic acids is 1. The van der Waals surface area contributed by atoms with Crippen LogP contribution in [-0.2, 0) is 9.59 Å². The zero-order chi connectivity index (χ0) is 26.3. The third-order valence-electron chi connectivity index (χ3n) is 4.22. The lowest BCUT2D eigenvalue weighted by Gasteiger charge is -2.23. The Balaban J connectivity index is 0.000000540. The summed E-state index contributed by atoms with van der Waals surface area (Å²) in [7, 11) is 0. The van der Waals surface area contributed by atoms with E-state index in [1.54, 1.807) is 42.5 Å². The first kappa shape index (κ1) is 28.7. The minimum atomic E-state index is -5.08. The molecule has 1 aromatic heterocycles. The van der Waals surface area contributed by atoms with Gasteiger partial charge in [-0.1, -0.05) is 69.8 Å². The summed E-state index contributed by atoms with van der Waals surface area (Å²) in [6.07, 6.45) is -5.08. The van der Waals surface area contributed by atoms with E-state index in [2.05, 4.69) is 5.16 Å². The van der Waals surface area contributed by atoms with Gasteiger partial charge in [0.25, 0.3) is 5.91 Å². The van der Waals surface area contributed by atoms with Crippen LogP contribution < -0.4 is 10.6 Å². The summed E-state index contributed by atoms with van der Waals surface area (Å²) in [6.45, 7) is 0.531. The van der Waals surface area contributed by atoms with Crippen molar-refractivity contribution in [3.8, 4) is 22.6 Å². The summed E-state index contributed by atoms with van der Waals surface area (Å²) in [5, 5.41) is 12.1. The van der Waals surface area contributed by atoms with Gasteiger partial charge in [0.05, 0.1) is 10.0 Å². The van der Waals surface area contributed by atoms with E-state index < -0.39 is 22.9 Å². The Morgan fingerprint density at radius 1 is 1.09 bits per heavy atom. The van der Waals surface area contributed by atoms with Gasteiger partial charge in [-0.2, -0.15) is 13.2 Å². The highest BCUT2D eigenvalue weighted by Crippen LogP contribution is 2.36. The average Bonchev–Trinajstić information content (AvgIpc) is 3.26. The van der Waals surface area contributed by atoms with Crippen LogP contribution in [0, 0.1) is 0 Å². The second kappa shape index (κ2) is 12.5. The Morgan fingerprint density at radius 3 is 2.17 bits per heavy atom. The van der Waals surface area contributed by atoms with E-state index in [1.165, 1.54) is 4.90 Å². The number of halogens is 7. The van der Waals surface area contributed by atoms with E-state index in [4.69, 9.17) is 66.6 Å². The molecule has 7 nitrogen and oxygen atoms in total. The highest BCUT2D eigenvalue weighted by atomic mass is 35.5. The third-order valence-corrected chi connectivity index (χ3v) is 5.22. The van der Waals surface area contributed by atoms with Crippen LogP contribution in [0.5, 0.6) is 0 Å². The van der Waals surface area contributed by atoms with Crippen molar-refractivity contribution in [3.63, 3.8) is 0 Å². The quantitative estimate of drug-likeness (QED) is 0.348. The molecule has 3 rings (SSSR count). The molecule has 0 saturated carbocycles. The van der Waals surface area contributed by atoms with Crippen LogP contribution in [0.4, 0.5) is 18.9 Å². The van der Waals surface area contributed by atoms with E-state index in [9.17, 15) is 18.0 Å². The second-order valence-electron chi connectivity index (χ2n) is 6.61. The number of hydrogen-bond donors (Lipinski definition) is 2. The molecule has 3 aromatic rings. The Morgan fingerprint density at radius 2 is 1.66 bits per heavy atom. The molecule has 0 radical (unpaired) electrons. The molecule has 0 aliphatic rings. The Hall–Kier alpha value is -2.50. The molecule has 0 spiro atoms. The second-order valence-corrected chi connectivity index (χ2v) is 8.52. The Kier molecular flexibility index (Phi) is 10.2. The maximum Gasteiger partial charge on any atom is 0.490 e. The van der Waals surface area contributed by atoms with E-state index in [0.29, 0.717) is 38.3 Å². The average molecular weight is 573 g/mol. The number of carbonyl (C=O) groups excluding carboxylic acids is 1. The monoisotopic (exact) mass is 571 g/mol. The van der Waals surface area contributed by atoms with Crippen LogP contribution in [0.1, 0.15) is 0 Å². The van der Waals surface area contributed by atoms with Crippen molar-refractivity contribution in [1.29, 1.82) is 0 Å². The van der Waals surface area contributed by atoms with Gasteiger partial charge >= 0.3 is 12.1 Å². The zero-order valence-corrected chi connectivity index (χ0v) is 20.4. The van der Waals surface area contributed by atoms with Gasteiger partial charge in [-0.05, 0) is 24.3 Å². The van der Waals surface area contributed by atoms with E-state index in [0.717, 1.165) is 0 Å². The molecule has 1 amide bonds. The van der Waals surface area contributed by atoms with Gasteiger partial charge in [0.1, 0.15) is 5.69 Å². The molecule has 0 saturated heterocycles. The van der Waals surface area contributed by atoms with Gasteiger partial charge in [0.15, 0.2) is 10.6 Å². The molecule has 0 fully saturated rings. The summed E-state index contributed by atoms with van der Waals surface area (Å²) in [5.41, 5.74) is 8.00. The number of carboxylic acids is 1.